The maximum absolute atomic E-state index is 12.2. The topological polar surface area (TPSA) is 69.6 Å². The molecule has 2 N–H and O–H groups in total. The third-order valence-electron chi connectivity index (χ3n) is 4.58. The molecule has 0 aromatic carbocycles. The van der Waals surface area contributed by atoms with Crippen molar-refractivity contribution in [1.29, 1.82) is 0 Å². The first-order chi connectivity index (χ1) is 8.86. The van der Waals surface area contributed by atoms with E-state index in [4.69, 9.17) is 0 Å². The van der Waals surface area contributed by atoms with Crippen molar-refractivity contribution in [2.45, 2.75) is 52.5 Å². The normalized spacial score (nSPS) is 24.1. The second-order valence-corrected chi connectivity index (χ2v) is 5.71. The van der Waals surface area contributed by atoms with Crippen LogP contribution >= 0.6 is 0 Å². The fourth-order valence-corrected chi connectivity index (χ4v) is 2.51. The van der Waals surface area contributed by atoms with Crippen LogP contribution in [0.3, 0.4) is 0 Å². The van der Waals surface area contributed by atoms with Crippen LogP contribution in [0.1, 0.15) is 47.0 Å². The number of rotatable bonds is 4. The van der Waals surface area contributed by atoms with Gasteiger partial charge in [-0.3, -0.25) is 0 Å². The van der Waals surface area contributed by atoms with Gasteiger partial charge in [0, 0.05) is 13.1 Å². The highest BCUT2D eigenvalue weighted by Gasteiger charge is 2.38. The highest BCUT2D eigenvalue weighted by atomic mass is 16.4. The Balaban J connectivity index is 2.70. The first-order valence-electron chi connectivity index (χ1n) is 7.16. The Bertz CT molecular complexity index is 340. The largest absolute Gasteiger partial charge is 0.480 e. The second kappa shape index (κ2) is 6.26. The minimum Gasteiger partial charge on any atom is -0.480 e. The van der Waals surface area contributed by atoms with E-state index in [0.717, 1.165) is 6.42 Å². The van der Waals surface area contributed by atoms with Gasteiger partial charge in [-0.25, -0.2) is 9.59 Å². The number of carbonyl (C=O) groups is 2. The molecule has 0 radical (unpaired) electrons. The van der Waals surface area contributed by atoms with E-state index in [1.54, 1.807) is 18.7 Å². The van der Waals surface area contributed by atoms with Gasteiger partial charge in [-0.05, 0) is 31.1 Å². The van der Waals surface area contributed by atoms with Crippen LogP contribution in [-0.2, 0) is 4.79 Å². The summed E-state index contributed by atoms with van der Waals surface area (Å²) in [5, 5.41) is 12.1. The molecule has 19 heavy (non-hydrogen) atoms. The van der Waals surface area contributed by atoms with Crippen molar-refractivity contribution >= 4 is 12.0 Å². The van der Waals surface area contributed by atoms with Gasteiger partial charge in [-0.2, -0.15) is 0 Å². The predicted octanol–water partition coefficient (Wildman–Crippen LogP) is 2.32. The number of amides is 2. The highest BCUT2D eigenvalue weighted by Crippen LogP contribution is 2.23. The molecule has 1 saturated heterocycles. The Morgan fingerprint density at radius 3 is 2.26 bits per heavy atom. The van der Waals surface area contributed by atoms with E-state index >= 15 is 0 Å². The maximum atomic E-state index is 12.2. The van der Waals surface area contributed by atoms with E-state index in [1.165, 1.54) is 0 Å². The molecule has 5 heteroatoms. The number of carbonyl (C=O) groups excluding carboxylic acids is 1. The molecule has 2 amide bonds. The lowest BCUT2D eigenvalue weighted by Crippen LogP contribution is -2.58. The molecular formula is C14H26N2O3. The van der Waals surface area contributed by atoms with E-state index < -0.39 is 11.5 Å². The van der Waals surface area contributed by atoms with Crippen LogP contribution in [0.2, 0.25) is 0 Å². The van der Waals surface area contributed by atoms with Gasteiger partial charge in [0.25, 0.3) is 0 Å². The Morgan fingerprint density at radius 1 is 1.26 bits per heavy atom. The molecule has 1 rings (SSSR count). The Labute approximate surface area is 115 Å². The molecule has 1 heterocycles. The van der Waals surface area contributed by atoms with Crippen molar-refractivity contribution in [3.05, 3.63) is 0 Å². The van der Waals surface area contributed by atoms with Crippen LogP contribution in [0, 0.1) is 11.8 Å². The zero-order valence-electron chi connectivity index (χ0n) is 12.4. The molecule has 2 atom stereocenters. The van der Waals surface area contributed by atoms with E-state index in [0.29, 0.717) is 37.8 Å². The van der Waals surface area contributed by atoms with Crippen molar-refractivity contribution in [2.24, 2.45) is 11.8 Å². The number of hydrogen-bond acceptors (Lipinski definition) is 2. The first-order valence-corrected chi connectivity index (χ1v) is 7.16. The van der Waals surface area contributed by atoms with Crippen molar-refractivity contribution in [2.75, 3.05) is 13.1 Å². The van der Waals surface area contributed by atoms with Crippen molar-refractivity contribution in [3.8, 4) is 0 Å². The molecule has 0 spiro atoms. The number of aliphatic carboxylic acids is 1. The van der Waals surface area contributed by atoms with Crippen LogP contribution in [0.4, 0.5) is 4.79 Å². The molecule has 2 unspecified atom stereocenters. The van der Waals surface area contributed by atoms with Crippen LogP contribution < -0.4 is 5.32 Å². The predicted molar refractivity (Wildman–Crippen MR) is 74.0 cm³/mol. The van der Waals surface area contributed by atoms with Gasteiger partial charge in [0.05, 0.1) is 0 Å². The third-order valence-corrected chi connectivity index (χ3v) is 4.58. The van der Waals surface area contributed by atoms with Gasteiger partial charge < -0.3 is 15.3 Å². The summed E-state index contributed by atoms with van der Waals surface area (Å²) in [5.74, 6) is 0.122. The quantitative estimate of drug-likeness (QED) is 0.823. The van der Waals surface area contributed by atoms with Crippen LogP contribution in [0.5, 0.6) is 0 Å². The van der Waals surface area contributed by atoms with Gasteiger partial charge in [0.15, 0.2) is 0 Å². The zero-order valence-corrected chi connectivity index (χ0v) is 12.4. The van der Waals surface area contributed by atoms with Gasteiger partial charge in [0.2, 0.25) is 0 Å². The van der Waals surface area contributed by atoms with Crippen LogP contribution in [0.25, 0.3) is 0 Å². The van der Waals surface area contributed by atoms with E-state index in [-0.39, 0.29) is 6.03 Å². The van der Waals surface area contributed by atoms with E-state index in [2.05, 4.69) is 19.2 Å². The Hall–Kier alpha value is -1.26. The summed E-state index contributed by atoms with van der Waals surface area (Å²) in [7, 11) is 0. The fourth-order valence-electron chi connectivity index (χ4n) is 2.51. The molecule has 5 nitrogen and oxygen atoms in total. The molecule has 1 aliphatic rings. The molecule has 0 saturated carbocycles. The average molecular weight is 270 g/mol. The molecule has 0 aliphatic carbocycles. The lowest BCUT2D eigenvalue weighted by atomic mass is 9.88. The third kappa shape index (κ3) is 3.39. The lowest BCUT2D eigenvalue weighted by Gasteiger charge is -2.38. The Kier molecular flexibility index (Phi) is 5.20. The summed E-state index contributed by atoms with van der Waals surface area (Å²) in [6, 6.07) is -0.246. The highest BCUT2D eigenvalue weighted by molar-refractivity contribution is 5.86. The summed E-state index contributed by atoms with van der Waals surface area (Å²) >= 11 is 0. The second-order valence-electron chi connectivity index (χ2n) is 5.71. The number of carboxylic acid groups (broad SMARTS) is 1. The summed E-state index contributed by atoms with van der Waals surface area (Å²) < 4.78 is 0. The number of nitrogens with one attached hydrogen (secondary N) is 1. The molecular weight excluding hydrogens is 244 g/mol. The van der Waals surface area contributed by atoms with Gasteiger partial charge >= 0.3 is 12.0 Å². The number of hydrogen-bond donors (Lipinski definition) is 2. The lowest BCUT2D eigenvalue weighted by molar-refractivity contribution is -0.144. The number of piperidine rings is 1. The standard InChI is InChI=1S/C14H26N2O3/c1-5-14(6-2,12(17)18)15-13(19)16-8-7-10(3)11(4)9-16/h10-11H,5-9H2,1-4H3,(H,15,19)(H,17,18). The van der Waals surface area contributed by atoms with Crippen molar-refractivity contribution < 1.29 is 14.7 Å². The van der Waals surface area contributed by atoms with Gasteiger partial charge in [-0.1, -0.05) is 27.7 Å². The molecule has 0 aromatic rings. The van der Waals surface area contributed by atoms with Gasteiger partial charge in [0.1, 0.15) is 5.54 Å². The summed E-state index contributed by atoms with van der Waals surface area (Å²) in [6.07, 6.45) is 1.77. The number of urea groups is 1. The number of nitrogens with zero attached hydrogens (tertiary/aromatic N) is 1. The number of carboxylic acids is 1. The minimum absolute atomic E-state index is 0.246. The van der Waals surface area contributed by atoms with Crippen molar-refractivity contribution in [3.63, 3.8) is 0 Å². The number of likely N-dealkylation sites (tertiary alicyclic amines) is 1. The van der Waals surface area contributed by atoms with E-state index in [9.17, 15) is 14.7 Å². The summed E-state index contributed by atoms with van der Waals surface area (Å²) in [6.45, 7) is 9.32. The minimum atomic E-state index is -1.14. The molecule has 0 bridgehead atoms. The van der Waals surface area contributed by atoms with Crippen molar-refractivity contribution in [1.82, 2.24) is 10.2 Å². The monoisotopic (exact) mass is 270 g/mol. The summed E-state index contributed by atoms with van der Waals surface area (Å²) in [5.41, 5.74) is -1.14. The maximum Gasteiger partial charge on any atom is 0.329 e. The fraction of sp³-hybridized carbons (Fsp3) is 0.857. The van der Waals surface area contributed by atoms with Crippen LogP contribution in [0.15, 0.2) is 0 Å². The molecule has 110 valence electrons. The molecule has 0 aromatic heterocycles. The molecule has 1 fully saturated rings. The first kappa shape index (κ1) is 15.8. The average Bonchev–Trinajstić information content (AvgIpc) is 2.38. The van der Waals surface area contributed by atoms with Crippen LogP contribution in [-0.4, -0.2) is 40.6 Å². The SMILES string of the molecule is CCC(CC)(NC(=O)N1CCC(C)C(C)C1)C(=O)O. The zero-order chi connectivity index (χ0) is 14.6. The Morgan fingerprint density at radius 2 is 1.84 bits per heavy atom. The molecule has 1 aliphatic heterocycles. The summed E-state index contributed by atoms with van der Waals surface area (Å²) in [4.78, 5) is 25.4. The smallest absolute Gasteiger partial charge is 0.329 e. The van der Waals surface area contributed by atoms with Gasteiger partial charge in [-0.15, -0.1) is 0 Å². The van der Waals surface area contributed by atoms with E-state index in [1.807, 2.05) is 0 Å².